The normalized spacial score (nSPS) is 14.7. The summed E-state index contributed by atoms with van der Waals surface area (Å²) in [7, 11) is 0. The van der Waals surface area contributed by atoms with Crippen molar-refractivity contribution in [2.45, 2.75) is 131 Å². The van der Waals surface area contributed by atoms with E-state index in [1.54, 1.807) is 5.56 Å². The van der Waals surface area contributed by atoms with Crippen molar-refractivity contribution in [2.75, 3.05) is 0 Å². The molecule has 0 heterocycles. The zero-order valence-electron chi connectivity index (χ0n) is 26.5. The lowest BCUT2D eigenvalue weighted by Gasteiger charge is -2.31. The Kier molecular flexibility index (Phi) is 10.9. The first-order chi connectivity index (χ1) is 18.7. The van der Waals surface area contributed by atoms with Gasteiger partial charge in [0, 0.05) is 5.56 Å². The average molecular weight is 527 g/mol. The van der Waals surface area contributed by atoms with Gasteiger partial charge in [0.25, 0.3) is 0 Å². The number of hydrogen-bond donors (Lipinski definition) is 1. The van der Waals surface area contributed by atoms with Crippen molar-refractivity contribution in [2.24, 2.45) is 0 Å². The van der Waals surface area contributed by atoms with E-state index < -0.39 is 0 Å². The summed E-state index contributed by atoms with van der Waals surface area (Å²) in [5, 5.41) is 11.3. The number of rotatable bonds is 12. The van der Waals surface area contributed by atoms with E-state index in [1.165, 1.54) is 44.5 Å². The topological polar surface area (TPSA) is 20.2 Å². The molecule has 3 aromatic carbocycles. The zero-order valence-corrected chi connectivity index (χ0v) is 26.5. The van der Waals surface area contributed by atoms with Crippen molar-refractivity contribution in [3.63, 3.8) is 0 Å². The second-order valence-electron chi connectivity index (χ2n) is 11.6. The van der Waals surface area contributed by atoms with E-state index in [9.17, 15) is 5.11 Å². The third kappa shape index (κ3) is 5.98. The lowest BCUT2D eigenvalue weighted by molar-refractivity contribution is 0.451. The Morgan fingerprint density at radius 2 is 0.872 bits per heavy atom. The van der Waals surface area contributed by atoms with E-state index in [0.29, 0.717) is 23.5 Å². The summed E-state index contributed by atoms with van der Waals surface area (Å²) in [5.74, 6) is 1.62. The fourth-order valence-electron chi connectivity index (χ4n) is 7.27. The van der Waals surface area contributed by atoms with Gasteiger partial charge in [-0.3, -0.25) is 0 Å². The average Bonchev–Trinajstić information content (AvgIpc) is 2.97. The first-order valence-corrected chi connectivity index (χ1v) is 15.8. The highest BCUT2D eigenvalue weighted by molar-refractivity contribution is 5.50. The number of phenolic OH excluding ortho intramolecular Hbond substituents is 1. The van der Waals surface area contributed by atoms with Gasteiger partial charge in [-0.15, -0.1) is 0 Å². The van der Waals surface area contributed by atoms with Crippen LogP contribution in [-0.2, 0) is 38.5 Å². The van der Waals surface area contributed by atoms with Gasteiger partial charge in [-0.2, -0.15) is 0 Å². The highest BCUT2D eigenvalue weighted by Gasteiger charge is 2.29. The monoisotopic (exact) mass is 526 g/mol. The molecular weight excluding hydrogens is 472 g/mol. The van der Waals surface area contributed by atoms with Crippen LogP contribution in [0.2, 0.25) is 0 Å². The summed E-state index contributed by atoms with van der Waals surface area (Å²) in [6.45, 7) is 23.1. The second-order valence-corrected chi connectivity index (χ2v) is 11.6. The highest BCUT2D eigenvalue weighted by atomic mass is 16.3. The number of benzene rings is 3. The molecule has 3 aromatic rings. The minimum Gasteiger partial charge on any atom is -0.508 e. The molecule has 0 aliphatic rings. The fraction of sp³-hybridized carbons (Fsp3) is 0.526. The smallest absolute Gasteiger partial charge is 0.119 e. The Labute approximate surface area is 240 Å². The van der Waals surface area contributed by atoms with Crippen LogP contribution in [-0.4, -0.2) is 5.11 Å². The lowest BCUT2D eigenvalue weighted by Crippen LogP contribution is -2.16. The minimum atomic E-state index is 0.206. The van der Waals surface area contributed by atoms with Gasteiger partial charge in [0.05, 0.1) is 0 Å². The lowest BCUT2D eigenvalue weighted by atomic mass is 9.73. The van der Waals surface area contributed by atoms with Crippen LogP contribution >= 0.6 is 0 Å². The molecule has 0 aromatic heterocycles. The quantitative estimate of drug-likeness (QED) is 0.249. The van der Waals surface area contributed by atoms with Gasteiger partial charge in [0.15, 0.2) is 0 Å². The van der Waals surface area contributed by atoms with E-state index in [4.69, 9.17) is 0 Å². The number of hydrogen-bond acceptors (Lipinski definition) is 1. The van der Waals surface area contributed by atoms with Gasteiger partial charge in [-0.25, -0.2) is 0 Å². The largest absolute Gasteiger partial charge is 0.508 e. The SMILES string of the molecule is CCc1ccc(C(C)C(C)c2cccc(O)c2C(C)C(C)c2ccc(CC)c(CC)c2CC)c(CC)c1CC. The van der Waals surface area contributed by atoms with Crippen LogP contribution in [0.15, 0.2) is 42.5 Å². The van der Waals surface area contributed by atoms with Crippen LogP contribution in [0.25, 0.3) is 0 Å². The van der Waals surface area contributed by atoms with Gasteiger partial charge >= 0.3 is 0 Å². The van der Waals surface area contributed by atoms with Crippen molar-refractivity contribution in [1.82, 2.24) is 0 Å². The van der Waals surface area contributed by atoms with E-state index in [-0.39, 0.29) is 5.92 Å². The fourth-order valence-corrected chi connectivity index (χ4v) is 7.27. The molecule has 0 aliphatic carbocycles. The van der Waals surface area contributed by atoms with Crippen LogP contribution in [0.1, 0.15) is 149 Å². The maximum absolute atomic E-state index is 11.3. The number of aryl methyl sites for hydroxylation is 2. The van der Waals surface area contributed by atoms with Crippen LogP contribution in [0.5, 0.6) is 5.75 Å². The van der Waals surface area contributed by atoms with Crippen LogP contribution in [0.4, 0.5) is 0 Å². The maximum atomic E-state index is 11.3. The van der Waals surface area contributed by atoms with Crippen LogP contribution < -0.4 is 0 Å². The molecule has 0 aliphatic heterocycles. The van der Waals surface area contributed by atoms with Crippen molar-refractivity contribution in [3.05, 3.63) is 98.1 Å². The Balaban J connectivity index is 2.08. The molecular formula is C38H54O. The third-order valence-electron chi connectivity index (χ3n) is 9.85. The van der Waals surface area contributed by atoms with Crippen molar-refractivity contribution in [1.29, 1.82) is 0 Å². The molecule has 212 valence electrons. The molecule has 0 fully saturated rings. The first-order valence-electron chi connectivity index (χ1n) is 15.8. The summed E-state index contributed by atoms with van der Waals surface area (Å²) >= 11 is 0. The van der Waals surface area contributed by atoms with E-state index in [0.717, 1.165) is 44.1 Å². The molecule has 1 N–H and O–H groups in total. The van der Waals surface area contributed by atoms with Gasteiger partial charge in [-0.1, -0.05) is 106 Å². The molecule has 4 atom stereocenters. The molecule has 4 unspecified atom stereocenters. The molecule has 0 radical (unpaired) electrons. The van der Waals surface area contributed by atoms with Gasteiger partial charge in [0.2, 0.25) is 0 Å². The van der Waals surface area contributed by atoms with Crippen LogP contribution in [0.3, 0.4) is 0 Å². The molecule has 1 nitrogen and oxygen atoms in total. The predicted molar refractivity (Wildman–Crippen MR) is 171 cm³/mol. The Bertz CT molecular complexity index is 1250. The number of aromatic hydroxyl groups is 1. The second kappa shape index (κ2) is 13.7. The van der Waals surface area contributed by atoms with Crippen molar-refractivity contribution >= 4 is 0 Å². The minimum absolute atomic E-state index is 0.206. The predicted octanol–water partition coefficient (Wildman–Crippen LogP) is 10.6. The van der Waals surface area contributed by atoms with Crippen molar-refractivity contribution < 1.29 is 5.11 Å². The first kappa shape index (κ1) is 31.0. The molecule has 0 amide bonds. The standard InChI is InChI=1S/C38H54O/c1-11-28-20-22-34(32(15-5)30(28)13-3)24(7)25(8)36-18-17-19-37(39)38(36)27(10)26(9)35-23-21-29(12-2)31(14-4)33(35)16-6/h17-27,39H,11-16H2,1-10H3. The maximum Gasteiger partial charge on any atom is 0.119 e. The van der Waals surface area contributed by atoms with E-state index in [2.05, 4.69) is 99.6 Å². The Hall–Kier alpha value is -2.54. The molecule has 0 spiro atoms. The Morgan fingerprint density at radius 3 is 1.28 bits per heavy atom. The number of phenols is 1. The van der Waals surface area contributed by atoms with E-state index in [1.807, 2.05) is 12.1 Å². The van der Waals surface area contributed by atoms with Gasteiger partial charge in [-0.05, 0) is 118 Å². The molecule has 1 heteroatoms. The summed E-state index contributed by atoms with van der Waals surface area (Å²) in [6.07, 6.45) is 6.45. The third-order valence-corrected chi connectivity index (χ3v) is 9.85. The van der Waals surface area contributed by atoms with Crippen LogP contribution in [0, 0.1) is 0 Å². The van der Waals surface area contributed by atoms with Gasteiger partial charge < -0.3 is 5.11 Å². The van der Waals surface area contributed by atoms with Gasteiger partial charge in [0.1, 0.15) is 5.75 Å². The summed E-state index contributed by atoms with van der Waals surface area (Å²) < 4.78 is 0. The highest BCUT2D eigenvalue weighted by Crippen LogP contribution is 2.46. The molecule has 39 heavy (non-hydrogen) atoms. The summed E-state index contributed by atoms with van der Waals surface area (Å²) in [5.41, 5.74) is 14.5. The molecule has 0 saturated carbocycles. The zero-order chi connectivity index (χ0) is 28.9. The summed E-state index contributed by atoms with van der Waals surface area (Å²) in [6, 6.07) is 15.7. The molecule has 3 rings (SSSR count). The van der Waals surface area contributed by atoms with Crippen molar-refractivity contribution in [3.8, 4) is 5.75 Å². The Morgan fingerprint density at radius 1 is 0.462 bits per heavy atom. The summed E-state index contributed by atoms with van der Waals surface area (Å²) in [4.78, 5) is 0. The molecule has 0 bridgehead atoms. The van der Waals surface area contributed by atoms with E-state index >= 15 is 0 Å². The molecule has 0 saturated heterocycles.